The molecule has 2 heterocycles. The fraction of sp³-hybridized carbons (Fsp3) is 0.200. The van der Waals surface area contributed by atoms with E-state index < -0.39 is 0 Å². The molecule has 0 aliphatic carbocycles. The number of hydrogen-bond donors (Lipinski definition) is 0. The van der Waals surface area contributed by atoms with Gasteiger partial charge in [0.15, 0.2) is 0 Å². The van der Waals surface area contributed by atoms with Crippen LogP contribution in [0, 0.1) is 11.3 Å². The Morgan fingerprint density at radius 1 is 1.21 bits per heavy atom. The summed E-state index contributed by atoms with van der Waals surface area (Å²) < 4.78 is 11.3. The van der Waals surface area contributed by atoms with Gasteiger partial charge in [-0.15, -0.1) is 0 Å². The van der Waals surface area contributed by atoms with E-state index >= 15 is 0 Å². The zero-order valence-corrected chi connectivity index (χ0v) is 10.3. The van der Waals surface area contributed by atoms with Crippen LogP contribution >= 0.6 is 0 Å². The van der Waals surface area contributed by atoms with Gasteiger partial charge in [-0.2, -0.15) is 5.26 Å². The van der Waals surface area contributed by atoms with Crippen molar-refractivity contribution in [2.75, 3.05) is 6.61 Å². The van der Waals surface area contributed by atoms with Crippen LogP contribution in [0.2, 0.25) is 0 Å². The predicted octanol–water partition coefficient (Wildman–Crippen LogP) is 3.07. The number of hydrogen-bond acceptors (Lipinski definition) is 4. The molecule has 0 N–H and O–H groups in total. The largest absolute Gasteiger partial charge is 0.493 e. The molecule has 0 unspecified atom stereocenters. The van der Waals surface area contributed by atoms with Crippen LogP contribution in [0.1, 0.15) is 17.7 Å². The quantitative estimate of drug-likeness (QED) is 0.824. The molecule has 0 saturated heterocycles. The van der Waals surface area contributed by atoms with E-state index in [0.717, 1.165) is 30.9 Å². The summed E-state index contributed by atoms with van der Waals surface area (Å²) in [6.45, 7) is 0.781. The minimum absolute atomic E-state index is 0.346. The second-order valence-corrected chi connectivity index (χ2v) is 4.31. The Labute approximate surface area is 111 Å². The summed E-state index contributed by atoms with van der Waals surface area (Å²) in [4.78, 5) is 3.91. The maximum Gasteiger partial charge on any atom is 0.144 e. The Morgan fingerprint density at radius 3 is 3.00 bits per heavy atom. The van der Waals surface area contributed by atoms with Gasteiger partial charge in [0.05, 0.1) is 6.61 Å². The molecular weight excluding hydrogens is 240 g/mol. The summed E-state index contributed by atoms with van der Waals surface area (Å²) in [6, 6.07) is 11.1. The highest BCUT2D eigenvalue weighted by molar-refractivity contribution is 5.43. The van der Waals surface area contributed by atoms with Gasteiger partial charge < -0.3 is 9.47 Å². The van der Waals surface area contributed by atoms with Gasteiger partial charge in [-0.1, -0.05) is 0 Å². The zero-order valence-electron chi connectivity index (χ0n) is 10.3. The molecule has 19 heavy (non-hydrogen) atoms. The van der Waals surface area contributed by atoms with Crippen LogP contribution in [0.5, 0.6) is 17.2 Å². The second kappa shape index (κ2) is 4.99. The maximum absolute atomic E-state index is 8.80. The average molecular weight is 252 g/mol. The number of rotatable bonds is 2. The fourth-order valence-corrected chi connectivity index (χ4v) is 2.07. The molecule has 0 saturated carbocycles. The lowest BCUT2D eigenvalue weighted by atomic mass is 10.1. The van der Waals surface area contributed by atoms with Crippen LogP contribution in [0.3, 0.4) is 0 Å². The molecule has 4 heteroatoms. The predicted molar refractivity (Wildman–Crippen MR) is 69.3 cm³/mol. The average Bonchev–Trinajstić information content (AvgIpc) is 2.47. The van der Waals surface area contributed by atoms with Gasteiger partial charge in [0, 0.05) is 12.3 Å². The highest BCUT2D eigenvalue weighted by Gasteiger charge is 2.11. The van der Waals surface area contributed by atoms with Crippen molar-refractivity contribution in [3.63, 3.8) is 0 Å². The Balaban J connectivity index is 1.85. The van der Waals surface area contributed by atoms with Crippen LogP contribution in [0.15, 0.2) is 36.5 Å². The number of fused-ring (bicyclic) bond motifs is 1. The number of pyridine rings is 1. The van der Waals surface area contributed by atoms with Crippen LogP contribution in [-0.2, 0) is 6.42 Å². The van der Waals surface area contributed by atoms with Crippen molar-refractivity contribution in [3.8, 4) is 23.3 Å². The van der Waals surface area contributed by atoms with Crippen LogP contribution in [0.25, 0.3) is 0 Å². The minimum atomic E-state index is 0.346. The van der Waals surface area contributed by atoms with E-state index in [0.29, 0.717) is 11.4 Å². The van der Waals surface area contributed by atoms with Gasteiger partial charge in [0.25, 0.3) is 0 Å². The molecular formula is C15H12N2O2. The van der Waals surface area contributed by atoms with E-state index in [-0.39, 0.29) is 0 Å². The SMILES string of the molecule is N#Cc1cc(Oc2ccc3c(c2)CCCO3)ccn1. The molecule has 1 aromatic heterocycles. The first-order valence-electron chi connectivity index (χ1n) is 6.15. The lowest BCUT2D eigenvalue weighted by Gasteiger charge is -2.17. The number of nitrogens with zero attached hydrogens (tertiary/aromatic N) is 2. The monoisotopic (exact) mass is 252 g/mol. The summed E-state index contributed by atoms with van der Waals surface area (Å²) in [6.07, 6.45) is 3.60. The third-order valence-electron chi connectivity index (χ3n) is 2.96. The Kier molecular flexibility index (Phi) is 3.03. The number of ether oxygens (including phenoxy) is 2. The van der Waals surface area contributed by atoms with Crippen molar-refractivity contribution in [3.05, 3.63) is 47.8 Å². The van der Waals surface area contributed by atoms with Gasteiger partial charge in [-0.25, -0.2) is 4.98 Å². The van der Waals surface area contributed by atoms with E-state index in [1.807, 2.05) is 24.3 Å². The molecule has 2 aromatic rings. The topological polar surface area (TPSA) is 55.1 Å². The molecule has 0 bridgehead atoms. The van der Waals surface area contributed by atoms with E-state index in [9.17, 15) is 0 Å². The highest BCUT2D eigenvalue weighted by atomic mass is 16.5. The van der Waals surface area contributed by atoms with Crippen molar-refractivity contribution in [1.29, 1.82) is 5.26 Å². The lowest BCUT2D eigenvalue weighted by Crippen LogP contribution is -2.07. The van der Waals surface area contributed by atoms with Crippen LogP contribution in [0.4, 0.5) is 0 Å². The molecule has 0 atom stereocenters. The number of aromatic nitrogens is 1. The van der Waals surface area contributed by atoms with Gasteiger partial charge in [-0.3, -0.25) is 0 Å². The molecule has 94 valence electrons. The third-order valence-corrected chi connectivity index (χ3v) is 2.96. The van der Waals surface area contributed by atoms with Gasteiger partial charge in [0.1, 0.15) is 29.0 Å². The van der Waals surface area contributed by atoms with E-state index in [4.69, 9.17) is 14.7 Å². The Morgan fingerprint density at radius 2 is 2.11 bits per heavy atom. The van der Waals surface area contributed by atoms with E-state index in [2.05, 4.69) is 4.98 Å². The zero-order chi connectivity index (χ0) is 13.1. The van der Waals surface area contributed by atoms with Gasteiger partial charge in [-0.05, 0) is 42.7 Å². The van der Waals surface area contributed by atoms with Crippen molar-refractivity contribution < 1.29 is 9.47 Å². The summed E-state index contributed by atoms with van der Waals surface area (Å²) in [7, 11) is 0. The second-order valence-electron chi connectivity index (χ2n) is 4.31. The van der Waals surface area contributed by atoms with Crippen LogP contribution < -0.4 is 9.47 Å². The Bertz CT molecular complexity index is 647. The molecule has 4 nitrogen and oxygen atoms in total. The van der Waals surface area contributed by atoms with E-state index in [1.54, 1.807) is 18.3 Å². The number of nitriles is 1. The molecule has 0 amide bonds. The van der Waals surface area contributed by atoms with Crippen molar-refractivity contribution >= 4 is 0 Å². The fourth-order valence-electron chi connectivity index (χ4n) is 2.07. The molecule has 0 fully saturated rings. The molecule has 1 aliphatic rings. The lowest BCUT2D eigenvalue weighted by molar-refractivity contribution is 0.287. The normalized spacial score (nSPS) is 13.0. The summed E-state index contributed by atoms with van der Waals surface area (Å²) in [5, 5.41) is 8.80. The molecule has 1 aliphatic heterocycles. The minimum Gasteiger partial charge on any atom is -0.493 e. The van der Waals surface area contributed by atoms with Gasteiger partial charge >= 0.3 is 0 Å². The van der Waals surface area contributed by atoms with E-state index in [1.165, 1.54) is 5.56 Å². The van der Waals surface area contributed by atoms with Crippen molar-refractivity contribution in [1.82, 2.24) is 4.98 Å². The first-order valence-corrected chi connectivity index (χ1v) is 6.15. The molecule has 3 rings (SSSR count). The van der Waals surface area contributed by atoms with Crippen molar-refractivity contribution in [2.24, 2.45) is 0 Å². The summed E-state index contributed by atoms with van der Waals surface area (Å²) >= 11 is 0. The first-order chi connectivity index (χ1) is 9.35. The molecule has 0 radical (unpaired) electrons. The summed E-state index contributed by atoms with van der Waals surface area (Å²) in [5.41, 5.74) is 1.51. The first kappa shape index (κ1) is 11.5. The molecule has 1 aromatic carbocycles. The van der Waals surface area contributed by atoms with Crippen molar-refractivity contribution in [2.45, 2.75) is 12.8 Å². The number of benzene rings is 1. The third kappa shape index (κ3) is 2.50. The highest BCUT2D eigenvalue weighted by Crippen LogP contribution is 2.30. The van der Waals surface area contributed by atoms with Gasteiger partial charge in [0.2, 0.25) is 0 Å². The summed E-state index contributed by atoms with van der Waals surface area (Å²) in [5.74, 6) is 2.30. The van der Waals surface area contributed by atoms with Crippen LogP contribution in [-0.4, -0.2) is 11.6 Å². The Hall–Kier alpha value is -2.54. The standard InChI is InChI=1S/C15H12N2O2/c16-10-12-9-14(5-6-17-12)19-13-3-4-15-11(8-13)2-1-7-18-15/h3-6,8-9H,1-2,7H2. The smallest absolute Gasteiger partial charge is 0.144 e. The maximum atomic E-state index is 8.80. The molecule has 0 spiro atoms. The number of aryl methyl sites for hydroxylation is 1.